The summed E-state index contributed by atoms with van der Waals surface area (Å²) in [4.78, 5) is 12.5. The van der Waals surface area contributed by atoms with Crippen LogP contribution < -0.4 is 14.0 Å². The number of benzene rings is 2. The average Bonchev–Trinajstić information content (AvgIpc) is 3.04. The van der Waals surface area contributed by atoms with Gasteiger partial charge in [-0.25, -0.2) is 0 Å². The Morgan fingerprint density at radius 1 is 0.733 bits per heavy atom. The van der Waals surface area contributed by atoms with Crippen LogP contribution in [0.2, 0.25) is 0 Å². The number of rotatable bonds is 26. The van der Waals surface area contributed by atoms with Gasteiger partial charge in [-0.2, -0.15) is 4.57 Å². The van der Waals surface area contributed by atoms with Gasteiger partial charge in [0.1, 0.15) is 11.9 Å². The Bertz CT molecular complexity index is 1230. The normalized spacial score (nSPS) is 13.6. The highest BCUT2D eigenvalue weighted by molar-refractivity contribution is 7.46. The van der Waals surface area contributed by atoms with E-state index in [2.05, 4.69) is 29.7 Å². The maximum absolute atomic E-state index is 12.5. The number of ether oxygens (including phenoxy) is 2. The smallest absolute Gasteiger partial charge is 0.319 e. The third kappa shape index (κ3) is 15.7. The minimum Gasteiger partial charge on any atom is -0.746 e. The molecule has 0 aliphatic heterocycles. The highest BCUT2D eigenvalue weighted by Crippen LogP contribution is 2.39. The first-order chi connectivity index (χ1) is 22.0. The number of unbranched alkanes of at least 4 members (excludes halogenated alkanes) is 13. The van der Waals surface area contributed by atoms with E-state index in [1.54, 1.807) is 12.1 Å². The molecule has 0 bridgehead atoms. The maximum Gasteiger partial charge on any atom is 0.319 e. The summed E-state index contributed by atoms with van der Waals surface area (Å²) in [6.45, 7) is 6.00. The van der Waals surface area contributed by atoms with Crippen LogP contribution in [0.15, 0.2) is 66.9 Å². The number of para-hydroxylation sites is 1. The lowest BCUT2D eigenvalue weighted by molar-refractivity contribution is -0.662. The lowest BCUT2D eigenvalue weighted by atomic mass is 10.0. The first kappa shape index (κ1) is 37.2. The Balaban J connectivity index is 1.26. The third-order valence-electron chi connectivity index (χ3n) is 8.05. The van der Waals surface area contributed by atoms with Crippen LogP contribution in [0, 0.1) is 0 Å². The van der Waals surface area contributed by atoms with Crippen molar-refractivity contribution in [2.45, 2.75) is 116 Å². The minimum atomic E-state index is -4.57. The summed E-state index contributed by atoms with van der Waals surface area (Å²) in [5.74, 6) is 0.210. The molecule has 0 aliphatic carbocycles. The van der Waals surface area contributed by atoms with E-state index in [0.29, 0.717) is 19.8 Å². The number of phosphoric acid groups is 1. The molecule has 2 aromatic carbocycles. The Labute approximate surface area is 271 Å². The topological polar surface area (TPSA) is 80.9 Å². The van der Waals surface area contributed by atoms with Crippen molar-refractivity contribution < 1.29 is 32.5 Å². The van der Waals surface area contributed by atoms with E-state index < -0.39 is 13.9 Å². The summed E-state index contributed by atoms with van der Waals surface area (Å²) in [5.41, 5.74) is 2.16. The molecule has 0 N–H and O–H groups in total. The van der Waals surface area contributed by atoms with E-state index in [-0.39, 0.29) is 19.0 Å². The van der Waals surface area contributed by atoms with Crippen molar-refractivity contribution in [2.24, 2.45) is 0 Å². The SMILES string of the molecule is CCCCCCCCCCCCCCCCOCC(COP(=O)([O-])Oc1ccc(C[n+]2cccc3ccccc32)cc1)OCC. The molecule has 8 heteroatoms. The molecule has 45 heavy (non-hydrogen) atoms. The fourth-order valence-corrected chi connectivity index (χ4v) is 6.32. The lowest BCUT2D eigenvalue weighted by Crippen LogP contribution is -2.34. The average molecular weight is 642 g/mol. The zero-order valence-corrected chi connectivity index (χ0v) is 28.6. The number of nitrogens with zero attached hydrogens (tertiary/aromatic N) is 1. The van der Waals surface area contributed by atoms with Crippen LogP contribution in [0.4, 0.5) is 0 Å². The molecule has 1 heterocycles. The van der Waals surface area contributed by atoms with E-state index in [4.69, 9.17) is 18.5 Å². The molecule has 250 valence electrons. The summed E-state index contributed by atoms with van der Waals surface area (Å²) in [6, 6.07) is 19.3. The van der Waals surface area contributed by atoms with Crippen molar-refractivity contribution >= 4 is 18.7 Å². The second-order valence-electron chi connectivity index (χ2n) is 11.9. The summed E-state index contributed by atoms with van der Waals surface area (Å²) in [7, 11) is -4.57. The van der Waals surface area contributed by atoms with Crippen molar-refractivity contribution in [1.29, 1.82) is 0 Å². The van der Waals surface area contributed by atoms with Gasteiger partial charge in [0.2, 0.25) is 5.52 Å². The zero-order chi connectivity index (χ0) is 32.0. The second-order valence-corrected chi connectivity index (χ2v) is 13.3. The van der Waals surface area contributed by atoms with E-state index >= 15 is 0 Å². The molecule has 0 saturated carbocycles. The van der Waals surface area contributed by atoms with Gasteiger partial charge >= 0.3 is 7.82 Å². The fraction of sp³-hybridized carbons (Fsp3) is 0.595. The second kappa shape index (κ2) is 22.3. The minimum absolute atomic E-state index is 0.150. The van der Waals surface area contributed by atoms with Crippen molar-refractivity contribution in [3.8, 4) is 5.75 Å². The van der Waals surface area contributed by atoms with Crippen LogP contribution in [0.3, 0.4) is 0 Å². The summed E-state index contributed by atoms with van der Waals surface area (Å²) < 4.78 is 36.5. The molecule has 0 spiro atoms. The largest absolute Gasteiger partial charge is 0.746 e. The molecule has 2 atom stereocenters. The Kier molecular flexibility index (Phi) is 18.4. The molecular weight excluding hydrogens is 585 g/mol. The molecule has 0 radical (unpaired) electrons. The van der Waals surface area contributed by atoms with E-state index in [1.165, 1.54) is 77.0 Å². The van der Waals surface area contributed by atoms with Gasteiger partial charge in [0, 0.05) is 36.3 Å². The number of aromatic nitrogens is 1. The molecule has 2 unspecified atom stereocenters. The quantitative estimate of drug-likeness (QED) is 0.0495. The predicted octanol–water partition coefficient (Wildman–Crippen LogP) is 8.94. The number of phosphoric ester groups is 1. The van der Waals surface area contributed by atoms with Gasteiger partial charge in [-0.05, 0) is 49.7 Å². The molecule has 3 aromatic rings. The van der Waals surface area contributed by atoms with Gasteiger partial charge in [-0.15, -0.1) is 0 Å². The summed E-state index contributed by atoms with van der Waals surface area (Å²) in [6.07, 6.45) is 20.0. The number of pyridine rings is 1. The zero-order valence-electron chi connectivity index (χ0n) is 27.7. The Hall–Kier alpha value is -2.28. The van der Waals surface area contributed by atoms with Crippen molar-refractivity contribution in [2.75, 3.05) is 26.4 Å². The molecule has 0 aliphatic rings. The van der Waals surface area contributed by atoms with Gasteiger partial charge in [-0.3, -0.25) is 4.57 Å². The Morgan fingerprint density at radius 3 is 1.98 bits per heavy atom. The van der Waals surface area contributed by atoms with E-state index in [9.17, 15) is 9.46 Å². The lowest BCUT2D eigenvalue weighted by Gasteiger charge is -2.26. The summed E-state index contributed by atoms with van der Waals surface area (Å²) in [5, 5.41) is 1.16. The van der Waals surface area contributed by atoms with Crippen LogP contribution in [0.1, 0.15) is 109 Å². The molecule has 1 aromatic heterocycles. The number of hydrogen-bond donors (Lipinski definition) is 0. The van der Waals surface area contributed by atoms with Crippen LogP contribution in [-0.4, -0.2) is 32.5 Å². The number of hydrogen-bond acceptors (Lipinski definition) is 6. The molecule has 0 fully saturated rings. The molecule has 0 saturated heterocycles. The first-order valence-electron chi connectivity index (χ1n) is 17.3. The highest BCUT2D eigenvalue weighted by Gasteiger charge is 2.17. The fourth-order valence-electron chi connectivity index (χ4n) is 5.53. The van der Waals surface area contributed by atoms with Crippen LogP contribution >= 0.6 is 7.82 Å². The first-order valence-corrected chi connectivity index (χ1v) is 18.8. The van der Waals surface area contributed by atoms with E-state index in [0.717, 1.165) is 29.3 Å². The highest BCUT2D eigenvalue weighted by atomic mass is 31.2. The maximum atomic E-state index is 12.5. The van der Waals surface area contributed by atoms with Gasteiger partial charge in [-0.1, -0.05) is 103 Å². The van der Waals surface area contributed by atoms with Gasteiger partial charge in [0.05, 0.1) is 13.2 Å². The standard InChI is InChI=1S/C37H56NO6P/c1-3-5-6-7-8-9-10-11-12-13-14-15-16-19-29-41-31-36(42-4-2)32-43-45(39,40)44-35-26-24-33(25-27-35)30-38-28-20-22-34-21-17-18-23-37(34)38/h17-18,20-28,36H,3-16,19,29-32H2,1-2H3. The van der Waals surface area contributed by atoms with Gasteiger partial charge in [0.25, 0.3) is 0 Å². The monoisotopic (exact) mass is 641 g/mol. The molecule has 0 amide bonds. The Morgan fingerprint density at radius 2 is 1.33 bits per heavy atom. The van der Waals surface area contributed by atoms with Crippen LogP contribution in [0.5, 0.6) is 5.75 Å². The van der Waals surface area contributed by atoms with Crippen molar-refractivity contribution in [3.05, 3.63) is 72.4 Å². The van der Waals surface area contributed by atoms with Crippen LogP contribution in [-0.2, 0) is 25.1 Å². The van der Waals surface area contributed by atoms with Gasteiger partial charge < -0.3 is 23.4 Å². The van der Waals surface area contributed by atoms with Gasteiger partial charge in [0.15, 0.2) is 12.7 Å². The van der Waals surface area contributed by atoms with Crippen molar-refractivity contribution in [1.82, 2.24) is 0 Å². The molecular formula is C37H56NO6P. The molecule has 3 rings (SSSR count). The van der Waals surface area contributed by atoms with Crippen molar-refractivity contribution in [3.63, 3.8) is 0 Å². The van der Waals surface area contributed by atoms with Crippen LogP contribution in [0.25, 0.3) is 10.9 Å². The molecule has 7 nitrogen and oxygen atoms in total. The number of fused-ring (bicyclic) bond motifs is 1. The predicted molar refractivity (Wildman–Crippen MR) is 180 cm³/mol. The van der Waals surface area contributed by atoms with E-state index in [1.807, 2.05) is 43.5 Å². The third-order valence-corrected chi connectivity index (χ3v) is 8.95. The summed E-state index contributed by atoms with van der Waals surface area (Å²) >= 11 is 0.